The Labute approximate surface area is 110 Å². The van der Waals surface area contributed by atoms with E-state index in [4.69, 9.17) is 10.5 Å². The van der Waals surface area contributed by atoms with Crippen LogP contribution in [0, 0.1) is 0 Å². The van der Waals surface area contributed by atoms with Crippen LogP contribution in [0.5, 0.6) is 0 Å². The Balaban J connectivity index is 2.28. The fourth-order valence-corrected chi connectivity index (χ4v) is 2.98. The van der Waals surface area contributed by atoms with Crippen LogP contribution >= 0.6 is 0 Å². The van der Waals surface area contributed by atoms with E-state index in [1.807, 2.05) is 0 Å². The highest BCUT2D eigenvalue weighted by Crippen LogP contribution is 2.40. The van der Waals surface area contributed by atoms with Crippen LogP contribution in [-0.4, -0.2) is 26.8 Å². The van der Waals surface area contributed by atoms with Gasteiger partial charge in [0.1, 0.15) is 0 Å². The first-order chi connectivity index (χ1) is 8.73. The molecule has 2 rings (SSSR count). The third-order valence-corrected chi connectivity index (χ3v) is 4.13. The highest BCUT2D eigenvalue weighted by molar-refractivity contribution is 5.39. The largest absolute Gasteiger partial charge is 0.383 e. The number of hydrogen-bond acceptors (Lipinski definition) is 3. The molecule has 0 saturated carbocycles. The molecule has 1 aliphatic rings. The molecule has 1 aromatic carbocycles. The first-order valence-electron chi connectivity index (χ1n) is 6.77. The minimum absolute atomic E-state index is 0.0678. The maximum atomic E-state index is 6.08. The average molecular weight is 248 g/mol. The van der Waals surface area contributed by atoms with E-state index in [9.17, 15) is 0 Å². The molecule has 0 amide bonds. The predicted octanol–water partition coefficient (Wildman–Crippen LogP) is 1.97. The molecule has 0 bridgehead atoms. The summed E-state index contributed by atoms with van der Waals surface area (Å²) in [5.41, 5.74) is 8.83. The van der Waals surface area contributed by atoms with Crippen molar-refractivity contribution < 1.29 is 4.74 Å². The van der Waals surface area contributed by atoms with Gasteiger partial charge in [-0.05, 0) is 29.9 Å². The number of fused-ring (bicyclic) bond motifs is 1. The summed E-state index contributed by atoms with van der Waals surface area (Å²) in [4.78, 5) is 0. The molecule has 0 radical (unpaired) electrons. The molecule has 0 spiro atoms. The Hall–Kier alpha value is -0.900. The van der Waals surface area contributed by atoms with Crippen molar-refractivity contribution in [1.82, 2.24) is 5.32 Å². The number of methoxy groups -OCH3 is 1. The van der Waals surface area contributed by atoms with Crippen LogP contribution in [0.2, 0.25) is 0 Å². The molecule has 3 nitrogen and oxygen atoms in total. The van der Waals surface area contributed by atoms with E-state index in [0.29, 0.717) is 12.5 Å². The lowest BCUT2D eigenvalue weighted by molar-refractivity contribution is 0.177. The topological polar surface area (TPSA) is 47.3 Å². The minimum atomic E-state index is -0.0678. The van der Waals surface area contributed by atoms with Crippen LogP contribution in [0.4, 0.5) is 0 Å². The second-order valence-corrected chi connectivity index (χ2v) is 5.23. The molecule has 3 heteroatoms. The first-order valence-corrected chi connectivity index (χ1v) is 6.77. The summed E-state index contributed by atoms with van der Waals surface area (Å²) in [6, 6.07) is 8.69. The van der Waals surface area contributed by atoms with E-state index in [-0.39, 0.29) is 5.54 Å². The summed E-state index contributed by atoms with van der Waals surface area (Å²) in [5, 5.41) is 3.61. The molecule has 3 N–H and O–H groups in total. The molecule has 0 aliphatic heterocycles. The summed E-state index contributed by atoms with van der Waals surface area (Å²) in [6.07, 6.45) is 2.29. The van der Waals surface area contributed by atoms with Gasteiger partial charge in [-0.1, -0.05) is 31.2 Å². The van der Waals surface area contributed by atoms with Gasteiger partial charge in [0.25, 0.3) is 0 Å². The molecule has 1 aromatic rings. The van der Waals surface area contributed by atoms with Crippen molar-refractivity contribution in [1.29, 1.82) is 0 Å². The Morgan fingerprint density at radius 2 is 2.22 bits per heavy atom. The van der Waals surface area contributed by atoms with Gasteiger partial charge in [-0.2, -0.15) is 0 Å². The van der Waals surface area contributed by atoms with Crippen molar-refractivity contribution in [2.45, 2.75) is 31.2 Å². The molecule has 0 aromatic heterocycles. The van der Waals surface area contributed by atoms with E-state index in [1.165, 1.54) is 17.5 Å². The number of nitrogens with two attached hydrogens (primary N) is 1. The van der Waals surface area contributed by atoms with Crippen molar-refractivity contribution in [2.24, 2.45) is 5.73 Å². The molecule has 1 aliphatic carbocycles. The third-order valence-electron chi connectivity index (χ3n) is 4.13. The Morgan fingerprint density at radius 1 is 1.44 bits per heavy atom. The quantitative estimate of drug-likeness (QED) is 0.783. The number of hydrogen-bond donors (Lipinski definition) is 2. The maximum absolute atomic E-state index is 6.08. The monoisotopic (exact) mass is 248 g/mol. The van der Waals surface area contributed by atoms with E-state index in [1.54, 1.807) is 7.11 Å². The van der Waals surface area contributed by atoms with E-state index >= 15 is 0 Å². The summed E-state index contributed by atoms with van der Waals surface area (Å²) in [5.74, 6) is 0.630. The molecule has 100 valence electrons. The van der Waals surface area contributed by atoms with Gasteiger partial charge in [0.05, 0.1) is 12.1 Å². The Morgan fingerprint density at radius 3 is 2.94 bits per heavy atom. The summed E-state index contributed by atoms with van der Waals surface area (Å²) < 4.78 is 5.13. The lowest BCUT2D eigenvalue weighted by Crippen LogP contribution is -2.51. The van der Waals surface area contributed by atoms with E-state index < -0.39 is 0 Å². The Kier molecular flexibility index (Phi) is 4.38. The number of benzene rings is 1. The molecule has 0 saturated heterocycles. The minimum Gasteiger partial charge on any atom is -0.383 e. The van der Waals surface area contributed by atoms with Crippen LogP contribution in [0.25, 0.3) is 0 Å². The van der Waals surface area contributed by atoms with Gasteiger partial charge in [0.15, 0.2) is 0 Å². The summed E-state index contributed by atoms with van der Waals surface area (Å²) in [7, 11) is 1.73. The standard InChI is InChI=1S/C15H24N2O/c1-12-7-8-15(11-16,17-9-10-18-2)14-6-4-3-5-13(12)14/h3-6,12,17H,7-11,16H2,1-2H3. The second kappa shape index (κ2) is 5.83. The average Bonchev–Trinajstić information content (AvgIpc) is 2.42. The highest BCUT2D eigenvalue weighted by Gasteiger charge is 2.36. The fraction of sp³-hybridized carbons (Fsp3) is 0.600. The van der Waals surface area contributed by atoms with Crippen molar-refractivity contribution >= 4 is 0 Å². The lowest BCUT2D eigenvalue weighted by Gasteiger charge is -2.41. The van der Waals surface area contributed by atoms with Crippen molar-refractivity contribution in [3.8, 4) is 0 Å². The van der Waals surface area contributed by atoms with Crippen molar-refractivity contribution in [3.05, 3.63) is 35.4 Å². The number of nitrogens with one attached hydrogen (secondary N) is 1. The van der Waals surface area contributed by atoms with Crippen LogP contribution < -0.4 is 11.1 Å². The van der Waals surface area contributed by atoms with Crippen LogP contribution in [0.1, 0.15) is 36.8 Å². The van der Waals surface area contributed by atoms with Crippen LogP contribution in [-0.2, 0) is 10.3 Å². The normalized spacial score (nSPS) is 26.9. The number of rotatable bonds is 5. The van der Waals surface area contributed by atoms with E-state index in [2.05, 4.69) is 36.5 Å². The van der Waals surface area contributed by atoms with Gasteiger partial charge in [-0.15, -0.1) is 0 Å². The molecule has 2 unspecified atom stereocenters. The molecule has 0 heterocycles. The third kappa shape index (κ3) is 2.44. The molecular weight excluding hydrogens is 224 g/mol. The second-order valence-electron chi connectivity index (χ2n) is 5.23. The predicted molar refractivity (Wildman–Crippen MR) is 74.7 cm³/mol. The zero-order valence-electron chi connectivity index (χ0n) is 11.4. The summed E-state index contributed by atoms with van der Waals surface area (Å²) >= 11 is 0. The van der Waals surface area contributed by atoms with Gasteiger partial charge in [0.2, 0.25) is 0 Å². The SMILES string of the molecule is COCCNC1(CN)CCC(C)c2ccccc21. The van der Waals surface area contributed by atoms with Gasteiger partial charge in [-0.3, -0.25) is 0 Å². The van der Waals surface area contributed by atoms with Gasteiger partial charge in [-0.25, -0.2) is 0 Å². The van der Waals surface area contributed by atoms with Crippen molar-refractivity contribution in [2.75, 3.05) is 26.8 Å². The molecule has 2 atom stereocenters. The van der Waals surface area contributed by atoms with E-state index in [0.717, 1.165) is 19.6 Å². The van der Waals surface area contributed by atoms with Gasteiger partial charge in [0, 0.05) is 20.2 Å². The van der Waals surface area contributed by atoms with Crippen LogP contribution in [0.15, 0.2) is 24.3 Å². The summed E-state index contributed by atoms with van der Waals surface area (Å²) in [6.45, 7) is 4.50. The molecular formula is C15H24N2O. The zero-order valence-corrected chi connectivity index (χ0v) is 11.4. The fourth-order valence-electron chi connectivity index (χ4n) is 2.98. The Bertz CT molecular complexity index is 394. The maximum Gasteiger partial charge on any atom is 0.0587 e. The smallest absolute Gasteiger partial charge is 0.0587 e. The molecule has 0 fully saturated rings. The first kappa shape index (κ1) is 13.5. The van der Waals surface area contributed by atoms with Crippen LogP contribution in [0.3, 0.4) is 0 Å². The number of ether oxygens (including phenoxy) is 1. The highest BCUT2D eigenvalue weighted by atomic mass is 16.5. The zero-order chi connectivity index (χ0) is 13.0. The van der Waals surface area contributed by atoms with Crippen molar-refractivity contribution in [3.63, 3.8) is 0 Å². The molecule has 18 heavy (non-hydrogen) atoms. The van der Waals surface area contributed by atoms with Gasteiger partial charge >= 0.3 is 0 Å². The van der Waals surface area contributed by atoms with Gasteiger partial charge < -0.3 is 15.8 Å². The lowest BCUT2D eigenvalue weighted by atomic mass is 9.72.